The molecule has 4 aromatic rings. The van der Waals surface area contributed by atoms with Gasteiger partial charge >= 0.3 is 0 Å². The molecule has 0 aliphatic carbocycles. The van der Waals surface area contributed by atoms with Gasteiger partial charge in [0.25, 0.3) is 0 Å². The van der Waals surface area contributed by atoms with E-state index in [0.717, 1.165) is 36.4 Å². The van der Waals surface area contributed by atoms with E-state index in [9.17, 15) is 0 Å². The van der Waals surface area contributed by atoms with Crippen LogP contribution in [0.15, 0.2) is 61.2 Å². The molecule has 0 atom stereocenters. The standard InChI is InChI=1S/C22H23N5/c1-27(2)22-17(5-3-12-24-22)8-10-19-9-7-16(14-25-19)13-18-15-26-21-20(18)6-4-11-23-21/h3-7,9,11-12,14-15H,8,10,13H2,1-2H3,(H,23,26). The molecule has 5 heteroatoms. The van der Waals surface area contributed by atoms with Gasteiger partial charge in [-0.05, 0) is 53.8 Å². The van der Waals surface area contributed by atoms with E-state index in [2.05, 4.69) is 49.1 Å². The second-order valence-corrected chi connectivity index (χ2v) is 6.93. The predicted octanol–water partition coefficient (Wildman–Crippen LogP) is 3.79. The van der Waals surface area contributed by atoms with Crippen molar-refractivity contribution in [3.8, 4) is 0 Å². The van der Waals surface area contributed by atoms with E-state index in [4.69, 9.17) is 0 Å². The van der Waals surface area contributed by atoms with E-state index in [-0.39, 0.29) is 0 Å². The minimum absolute atomic E-state index is 0.854. The van der Waals surface area contributed by atoms with Crippen molar-refractivity contribution in [1.82, 2.24) is 19.9 Å². The Morgan fingerprint density at radius 3 is 2.56 bits per heavy atom. The zero-order chi connectivity index (χ0) is 18.6. The first kappa shape index (κ1) is 17.2. The Kier molecular flexibility index (Phi) is 4.83. The third-order valence-electron chi connectivity index (χ3n) is 4.76. The number of hydrogen-bond acceptors (Lipinski definition) is 4. The maximum atomic E-state index is 4.67. The van der Waals surface area contributed by atoms with Crippen LogP contribution in [-0.4, -0.2) is 34.0 Å². The summed E-state index contributed by atoms with van der Waals surface area (Å²) in [7, 11) is 4.05. The van der Waals surface area contributed by atoms with Crippen LogP contribution in [0.1, 0.15) is 22.4 Å². The molecule has 0 amide bonds. The van der Waals surface area contributed by atoms with Crippen LogP contribution in [0, 0.1) is 0 Å². The molecule has 0 saturated heterocycles. The first-order valence-electron chi connectivity index (χ1n) is 9.17. The van der Waals surface area contributed by atoms with Crippen molar-refractivity contribution in [2.24, 2.45) is 0 Å². The lowest BCUT2D eigenvalue weighted by molar-refractivity contribution is 0.891. The molecule has 4 rings (SSSR count). The van der Waals surface area contributed by atoms with Crippen molar-refractivity contribution in [2.45, 2.75) is 19.3 Å². The number of pyridine rings is 3. The molecule has 0 fully saturated rings. The van der Waals surface area contributed by atoms with Gasteiger partial charge < -0.3 is 9.88 Å². The molecule has 0 saturated carbocycles. The number of aromatic nitrogens is 4. The number of aryl methyl sites for hydroxylation is 2. The van der Waals surface area contributed by atoms with Gasteiger partial charge in [0, 0.05) is 56.4 Å². The van der Waals surface area contributed by atoms with Gasteiger partial charge in [0.1, 0.15) is 11.5 Å². The second kappa shape index (κ2) is 7.58. The SMILES string of the molecule is CN(C)c1ncccc1CCc1ccc(Cc2c[nH]c3ncccc23)cn1. The van der Waals surface area contributed by atoms with Crippen molar-refractivity contribution in [3.05, 3.63) is 83.6 Å². The molecule has 136 valence electrons. The van der Waals surface area contributed by atoms with Gasteiger partial charge in [-0.25, -0.2) is 9.97 Å². The molecule has 4 heterocycles. The van der Waals surface area contributed by atoms with Crippen LogP contribution in [-0.2, 0) is 19.3 Å². The van der Waals surface area contributed by atoms with Gasteiger partial charge in [-0.1, -0.05) is 12.1 Å². The monoisotopic (exact) mass is 357 g/mol. The van der Waals surface area contributed by atoms with E-state index in [0.29, 0.717) is 0 Å². The highest BCUT2D eigenvalue weighted by molar-refractivity contribution is 5.79. The molecule has 1 N–H and O–H groups in total. The molecule has 0 radical (unpaired) electrons. The highest BCUT2D eigenvalue weighted by atomic mass is 15.1. The summed E-state index contributed by atoms with van der Waals surface area (Å²) >= 11 is 0. The Labute approximate surface area is 159 Å². The van der Waals surface area contributed by atoms with Crippen LogP contribution in [0.2, 0.25) is 0 Å². The summed E-state index contributed by atoms with van der Waals surface area (Å²) in [5.74, 6) is 1.03. The van der Waals surface area contributed by atoms with Crippen LogP contribution in [0.5, 0.6) is 0 Å². The average molecular weight is 357 g/mol. The molecule has 0 aromatic carbocycles. The summed E-state index contributed by atoms with van der Waals surface area (Å²) in [5, 5.41) is 1.18. The van der Waals surface area contributed by atoms with E-state index in [1.807, 2.05) is 51.0 Å². The lowest BCUT2D eigenvalue weighted by atomic mass is 10.0. The lowest BCUT2D eigenvalue weighted by Gasteiger charge is -2.15. The Morgan fingerprint density at radius 2 is 1.74 bits per heavy atom. The van der Waals surface area contributed by atoms with Gasteiger partial charge in [-0.3, -0.25) is 4.98 Å². The number of nitrogens with zero attached hydrogens (tertiary/aromatic N) is 4. The zero-order valence-electron chi connectivity index (χ0n) is 15.7. The van der Waals surface area contributed by atoms with E-state index < -0.39 is 0 Å². The van der Waals surface area contributed by atoms with E-state index in [1.54, 1.807) is 0 Å². The zero-order valence-corrected chi connectivity index (χ0v) is 15.7. The van der Waals surface area contributed by atoms with Crippen molar-refractivity contribution >= 4 is 16.9 Å². The summed E-state index contributed by atoms with van der Waals surface area (Å²) in [5.41, 5.74) is 5.75. The van der Waals surface area contributed by atoms with Crippen LogP contribution in [0.3, 0.4) is 0 Å². The molecule has 0 unspecified atom stereocenters. The molecule has 0 bridgehead atoms. The fraction of sp³-hybridized carbons (Fsp3) is 0.227. The molecule has 0 aliphatic heterocycles. The number of fused-ring (bicyclic) bond motifs is 1. The number of H-pyrrole nitrogens is 1. The quantitative estimate of drug-likeness (QED) is 0.570. The molecule has 0 spiro atoms. The maximum absolute atomic E-state index is 4.67. The molecule has 27 heavy (non-hydrogen) atoms. The first-order valence-corrected chi connectivity index (χ1v) is 9.17. The van der Waals surface area contributed by atoms with Gasteiger partial charge in [0.05, 0.1) is 0 Å². The Morgan fingerprint density at radius 1 is 0.889 bits per heavy atom. The third kappa shape index (κ3) is 3.82. The van der Waals surface area contributed by atoms with Crippen LogP contribution < -0.4 is 4.90 Å². The summed E-state index contributed by atoms with van der Waals surface area (Å²) < 4.78 is 0. The maximum Gasteiger partial charge on any atom is 0.137 e. The van der Waals surface area contributed by atoms with Crippen LogP contribution >= 0.6 is 0 Å². The number of aromatic amines is 1. The predicted molar refractivity (Wildman–Crippen MR) is 109 cm³/mol. The summed E-state index contributed by atoms with van der Waals surface area (Å²) in [4.78, 5) is 18.8. The Bertz CT molecular complexity index is 1030. The minimum Gasteiger partial charge on any atom is -0.363 e. The van der Waals surface area contributed by atoms with E-state index in [1.165, 1.54) is 22.1 Å². The number of rotatable bonds is 6. The largest absolute Gasteiger partial charge is 0.363 e. The Balaban J connectivity index is 1.44. The fourth-order valence-electron chi connectivity index (χ4n) is 3.38. The molecular formula is C22H23N5. The summed E-state index contributed by atoms with van der Waals surface area (Å²) in [6, 6.07) is 12.5. The first-order chi connectivity index (χ1) is 13.2. The Hall–Kier alpha value is -3.21. The lowest BCUT2D eigenvalue weighted by Crippen LogP contribution is -2.13. The highest BCUT2D eigenvalue weighted by Gasteiger charge is 2.08. The molecule has 0 aliphatic rings. The fourth-order valence-corrected chi connectivity index (χ4v) is 3.38. The second-order valence-electron chi connectivity index (χ2n) is 6.93. The van der Waals surface area contributed by atoms with Crippen molar-refractivity contribution in [2.75, 3.05) is 19.0 Å². The van der Waals surface area contributed by atoms with Gasteiger partial charge in [0.15, 0.2) is 0 Å². The summed E-state index contributed by atoms with van der Waals surface area (Å²) in [6.45, 7) is 0. The highest BCUT2D eigenvalue weighted by Crippen LogP contribution is 2.20. The van der Waals surface area contributed by atoms with Gasteiger partial charge in [0.2, 0.25) is 0 Å². The van der Waals surface area contributed by atoms with Crippen LogP contribution in [0.25, 0.3) is 11.0 Å². The third-order valence-corrected chi connectivity index (χ3v) is 4.76. The van der Waals surface area contributed by atoms with Gasteiger partial charge in [-0.15, -0.1) is 0 Å². The van der Waals surface area contributed by atoms with Crippen LogP contribution in [0.4, 0.5) is 5.82 Å². The van der Waals surface area contributed by atoms with Crippen molar-refractivity contribution in [3.63, 3.8) is 0 Å². The van der Waals surface area contributed by atoms with E-state index >= 15 is 0 Å². The molecule has 4 aromatic heterocycles. The minimum atomic E-state index is 0.854. The molecule has 5 nitrogen and oxygen atoms in total. The number of anilines is 1. The average Bonchev–Trinajstić information content (AvgIpc) is 3.10. The smallest absolute Gasteiger partial charge is 0.137 e. The topological polar surface area (TPSA) is 57.7 Å². The summed E-state index contributed by atoms with van der Waals surface area (Å²) in [6.07, 6.45) is 10.4. The van der Waals surface area contributed by atoms with Crippen molar-refractivity contribution in [1.29, 1.82) is 0 Å². The van der Waals surface area contributed by atoms with Gasteiger partial charge in [-0.2, -0.15) is 0 Å². The van der Waals surface area contributed by atoms with Crippen molar-refractivity contribution < 1.29 is 0 Å². The number of nitrogens with one attached hydrogen (secondary N) is 1. The normalized spacial score (nSPS) is 11.0. The molecular weight excluding hydrogens is 334 g/mol. The number of hydrogen-bond donors (Lipinski definition) is 1.